The summed E-state index contributed by atoms with van der Waals surface area (Å²) in [6, 6.07) is 3.68. The fraction of sp³-hybridized carbons (Fsp3) is 0.300. The number of rotatable bonds is 5. The molecule has 0 unspecified atom stereocenters. The van der Waals surface area contributed by atoms with Crippen molar-refractivity contribution in [2.75, 3.05) is 13.2 Å². The minimum Gasteiger partial charge on any atom is -0.370 e. The summed E-state index contributed by atoms with van der Waals surface area (Å²) in [5.74, 6) is 0.951. The van der Waals surface area contributed by atoms with Crippen molar-refractivity contribution in [1.29, 1.82) is 0 Å². The molecule has 0 aliphatic carbocycles. The highest BCUT2D eigenvalue weighted by Crippen LogP contribution is 2.13. The fourth-order valence-corrected chi connectivity index (χ4v) is 1.17. The van der Waals surface area contributed by atoms with Crippen LogP contribution in [0, 0.1) is 0 Å². The van der Waals surface area contributed by atoms with Gasteiger partial charge in [0.15, 0.2) is 0 Å². The number of pyridine rings is 1. The Labute approximate surface area is 92.4 Å². The van der Waals surface area contributed by atoms with Crippen molar-refractivity contribution in [3.63, 3.8) is 0 Å². The molecule has 0 bridgehead atoms. The van der Waals surface area contributed by atoms with E-state index in [9.17, 15) is 0 Å². The molecule has 0 amide bonds. The molecule has 0 saturated carbocycles. The van der Waals surface area contributed by atoms with E-state index in [2.05, 4.69) is 15.1 Å². The molecule has 0 radical (unpaired) electrons. The second-order valence-electron chi connectivity index (χ2n) is 3.09. The Morgan fingerprint density at radius 1 is 1.44 bits per heavy atom. The Kier molecular flexibility index (Phi) is 3.58. The highest BCUT2D eigenvalue weighted by molar-refractivity contribution is 5.51. The Balaban J connectivity index is 2.02. The minimum absolute atomic E-state index is 0.282. The fourth-order valence-electron chi connectivity index (χ4n) is 1.17. The zero-order chi connectivity index (χ0) is 11.2. The predicted molar refractivity (Wildman–Crippen MR) is 56.2 cm³/mol. The third-order valence-electron chi connectivity index (χ3n) is 1.88. The third kappa shape index (κ3) is 2.62. The summed E-state index contributed by atoms with van der Waals surface area (Å²) in [6.07, 6.45) is 3.37. The van der Waals surface area contributed by atoms with Gasteiger partial charge in [0.25, 0.3) is 5.89 Å². The van der Waals surface area contributed by atoms with Gasteiger partial charge in [-0.2, -0.15) is 4.98 Å². The van der Waals surface area contributed by atoms with Gasteiger partial charge < -0.3 is 15.0 Å². The molecule has 0 aromatic carbocycles. The number of nitrogens with two attached hydrogens (primary N) is 1. The first-order chi connectivity index (χ1) is 7.90. The molecule has 2 aromatic rings. The topological polar surface area (TPSA) is 87.1 Å². The average molecular weight is 220 g/mol. The van der Waals surface area contributed by atoms with Crippen LogP contribution in [-0.4, -0.2) is 28.3 Å². The van der Waals surface area contributed by atoms with Crippen LogP contribution in [0.1, 0.15) is 5.89 Å². The van der Waals surface area contributed by atoms with Crippen LogP contribution in [-0.2, 0) is 11.3 Å². The maximum atomic E-state index is 5.29. The molecule has 0 spiro atoms. The van der Waals surface area contributed by atoms with Gasteiger partial charge in [0, 0.05) is 24.5 Å². The van der Waals surface area contributed by atoms with E-state index >= 15 is 0 Å². The van der Waals surface area contributed by atoms with Gasteiger partial charge in [0.05, 0.1) is 6.61 Å². The van der Waals surface area contributed by atoms with Gasteiger partial charge in [0.1, 0.15) is 6.61 Å². The summed E-state index contributed by atoms with van der Waals surface area (Å²) < 4.78 is 10.2. The van der Waals surface area contributed by atoms with Crippen molar-refractivity contribution < 1.29 is 9.26 Å². The van der Waals surface area contributed by atoms with Crippen LogP contribution in [0.15, 0.2) is 29.0 Å². The summed E-state index contributed by atoms with van der Waals surface area (Å²) in [7, 11) is 0. The van der Waals surface area contributed by atoms with Crippen molar-refractivity contribution in [1.82, 2.24) is 15.1 Å². The molecular weight excluding hydrogens is 208 g/mol. The molecule has 6 nitrogen and oxygen atoms in total. The van der Waals surface area contributed by atoms with E-state index in [1.165, 1.54) is 0 Å². The zero-order valence-electron chi connectivity index (χ0n) is 8.67. The van der Waals surface area contributed by atoms with E-state index in [-0.39, 0.29) is 6.61 Å². The number of nitrogens with zero attached hydrogens (tertiary/aromatic N) is 3. The molecule has 0 atom stereocenters. The zero-order valence-corrected chi connectivity index (χ0v) is 8.67. The van der Waals surface area contributed by atoms with Crippen LogP contribution >= 0.6 is 0 Å². The summed E-state index contributed by atoms with van der Waals surface area (Å²) in [5.41, 5.74) is 6.11. The number of aromatic nitrogens is 3. The first-order valence-corrected chi connectivity index (χ1v) is 4.91. The average Bonchev–Trinajstić information content (AvgIpc) is 2.79. The third-order valence-corrected chi connectivity index (χ3v) is 1.88. The van der Waals surface area contributed by atoms with Crippen LogP contribution in [0.3, 0.4) is 0 Å². The minimum atomic E-state index is 0.282. The summed E-state index contributed by atoms with van der Waals surface area (Å²) in [5, 5.41) is 3.83. The SMILES string of the molecule is NCCOCc1nc(-c2cccnc2)no1. The molecule has 16 heavy (non-hydrogen) atoms. The molecule has 84 valence electrons. The molecule has 2 rings (SSSR count). The van der Waals surface area contributed by atoms with E-state index in [4.69, 9.17) is 15.0 Å². The highest BCUT2D eigenvalue weighted by Gasteiger charge is 2.07. The Morgan fingerprint density at radius 2 is 2.38 bits per heavy atom. The maximum absolute atomic E-state index is 5.29. The van der Waals surface area contributed by atoms with E-state index in [1.807, 2.05) is 12.1 Å². The molecular formula is C10H12N4O2. The molecule has 2 N–H and O–H groups in total. The largest absolute Gasteiger partial charge is 0.370 e. The van der Waals surface area contributed by atoms with E-state index in [0.717, 1.165) is 5.56 Å². The standard InChI is InChI=1S/C10H12N4O2/c11-3-5-15-7-9-13-10(14-16-9)8-2-1-4-12-6-8/h1-2,4,6H,3,5,7,11H2. The Bertz CT molecular complexity index is 429. The van der Waals surface area contributed by atoms with Gasteiger partial charge in [-0.1, -0.05) is 5.16 Å². The van der Waals surface area contributed by atoms with Gasteiger partial charge in [-0.25, -0.2) is 0 Å². The molecule has 0 aliphatic heterocycles. The van der Waals surface area contributed by atoms with Gasteiger partial charge in [0.2, 0.25) is 5.82 Å². The lowest BCUT2D eigenvalue weighted by Gasteiger charge is -1.95. The quantitative estimate of drug-likeness (QED) is 0.743. The molecule has 2 heterocycles. The second-order valence-corrected chi connectivity index (χ2v) is 3.09. The van der Waals surface area contributed by atoms with Gasteiger partial charge in [-0.05, 0) is 12.1 Å². The molecule has 0 fully saturated rings. The number of ether oxygens (including phenoxy) is 1. The normalized spacial score (nSPS) is 10.6. The highest BCUT2D eigenvalue weighted by atomic mass is 16.5. The lowest BCUT2D eigenvalue weighted by Crippen LogP contribution is -2.08. The summed E-state index contributed by atoms with van der Waals surface area (Å²) in [4.78, 5) is 8.15. The van der Waals surface area contributed by atoms with E-state index in [0.29, 0.717) is 24.9 Å². The first-order valence-electron chi connectivity index (χ1n) is 4.91. The van der Waals surface area contributed by atoms with Crippen LogP contribution in [0.5, 0.6) is 0 Å². The van der Waals surface area contributed by atoms with Crippen LogP contribution < -0.4 is 5.73 Å². The van der Waals surface area contributed by atoms with Gasteiger partial charge in [-0.3, -0.25) is 4.98 Å². The van der Waals surface area contributed by atoms with Crippen molar-refractivity contribution in [2.24, 2.45) is 5.73 Å². The molecule has 0 saturated heterocycles. The van der Waals surface area contributed by atoms with Crippen molar-refractivity contribution in [2.45, 2.75) is 6.61 Å². The smallest absolute Gasteiger partial charge is 0.252 e. The summed E-state index contributed by atoms with van der Waals surface area (Å²) in [6.45, 7) is 1.23. The number of hydrogen-bond acceptors (Lipinski definition) is 6. The van der Waals surface area contributed by atoms with Crippen molar-refractivity contribution >= 4 is 0 Å². The van der Waals surface area contributed by atoms with Crippen LogP contribution in [0.25, 0.3) is 11.4 Å². The summed E-state index contributed by atoms with van der Waals surface area (Å²) >= 11 is 0. The predicted octanol–water partition coefficient (Wildman–Crippen LogP) is 0.607. The Hall–Kier alpha value is -1.79. The maximum Gasteiger partial charge on any atom is 0.252 e. The van der Waals surface area contributed by atoms with Gasteiger partial charge in [-0.15, -0.1) is 0 Å². The lowest BCUT2D eigenvalue weighted by atomic mass is 10.3. The van der Waals surface area contributed by atoms with Crippen LogP contribution in [0.4, 0.5) is 0 Å². The Morgan fingerprint density at radius 3 is 3.12 bits per heavy atom. The number of hydrogen-bond donors (Lipinski definition) is 1. The first kappa shape index (κ1) is 10.7. The van der Waals surface area contributed by atoms with E-state index < -0.39 is 0 Å². The monoisotopic (exact) mass is 220 g/mol. The van der Waals surface area contributed by atoms with Gasteiger partial charge >= 0.3 is 0 Å². The van der Waals surface area contributed by atoms with Crippen molar-refractivity contribution in [3.8, 4) is 11.4 Å². The lowest BCUT2D eigenvalue weighted by molar-refractivity contribution is 0.104. The van der Waals surface area contributed by atoms with Crippen LogP contribution in [0.2, 0.25) is 0 Å². The second kappa shape index (κ2) is 5.34. The molecule has 2 aromatic heterocycles. The van der Waals surface area contributed by atoms with E-state index in [1.54, 1.807) is 12.4 Å². The molecule has 6 heteroatoms. The molecule has 0 aliphatic rings. The van der Waals surface area contributed by atoms with Crippen molar-refractivity contribution in [3.05, 3.63) is 30.4 Å².